The molecule has 0 aromatic carbocycles. The number of alkyl halides is 3. The molecule has 0 saturated carbocycles. The van der Waals surface area contributed by atoms with Crippen LogP contribution in [-0.2, 0) is 27.5 Å². The monoisotopic (exact) mass is 356 g/mol. The standard InChI is InChI=1S/C11H15F3N4O4S/c1-6-4-8(11(12,13)14)18-9(17-6)5-16-23(21,22)3-2-7(15)10(19)20/h4,7,16H,2-3,5,15H2,1H3,(H,19,20)/t7-/m0/s1. The van der Waals surface area contributed by atoms with Gasteiger partial charge in [0.15, 0.2) is 0 Å². The normalized spacial score (nSPS) is 13.8. The van der Waals surface area contributed by atoms with Gasteiger partial charge in [0.05, 0.1) is 12.3 Å². The average Bonchev–Trinajstić information content (AvgIpc) is 2.41. The quantitative estimate of drug-likeness (QED) is 0.627. The highest BCUT2D eigenvalue weighted by Crippen LogP contribution is 2.27. The van der Waals surface area contributed by atoms with Gasteiger partial charge in [-0.25, -0.2) is 23.1 Å². The van der Waals surface area contributed by atoms with E-state index >= 15 is 0 Å². The predicted molar refractivity (Wildman–Crippen MR) is 72.6 cm³/mol. The van der Waals surface area contributed by atoms with E-state index in [1.54, 1.807) is 0 Å². The van der Waals surface area contributed by atoms with Gasteiger partial charge >= 0.3 is 12.1 Å². The second-order valence-corrected chi connectivity index (χ2v) is 6.61. The number of carbonyl (C=O) groups is 1. The summed E-state index contributed by atoms with van der Waals surface area (Å²) in [6.07, 6.45) is -5.01. The number of halogens is 3. The van der Waals surface area contributed by atoms with Crippen molar-refractivity contribution < 1.29 is 31.5 Å². The van der Waals surface area contributed by atoms with E-state index in [-0.39, 0.29) is 17.9 Å². The van der Waals surface area contributed by atoms with Gasteiger partial charge in [-0.05, 0) is 19.4 Å². The fourth-order valence-corrected chi connectivity index (χ4v) is 2.56. The van der Waals surface area contributed by atoms with E-state index < -0.39 is 46.2 Å². The predicted octanol–water partition coefficient (Wildman–Crippen LogP) is 0.0252. The van der Waals surface area contributed by atoms with Crippen molar-refractivity contribution in [2.45, 2.75) is 32.1 Å². The van der Waals surface area contributed by atoms with Crippen molar-refractivity contribution in [1.82, 2.24) is 14.7 Å². The molecule has 1 atom stereocenters. The van der Waals surface area contributed by atoms with Crippen LogP contribution in [0.3, 0.4) is 0 Å². The number of carboxylic acids is 1. The van der Waals surface area contributed by atoms with Crippen molar-refractivity contribution >= 4 is 16.0 Å². The first-order valence-electron chi connectivity index (χ1n) is 6.28. The molecule has 0 aliphatic carbocycles. The molecule has 0 spiro atoms. The highest BCUT2D eigenvalue weighted by atomic mass is 32.2. The van der Waals surface area contributed by atoms with Crippen LogP contribution in [0.15, 0.2) is 6.07 Å². The topological polar surface area (TPSA) is 135 Å². The van der Waals surface area contributed by atoms with E-state index in [2.05, 4.69) is 9.97 Å². The Labute approximate surface area is 130 Å². The van der Waals surface area contributed by atoms with Gasteiger partial charge < -0.3 is 10.8 Å². The summed E-state index contributed by atoms with van der Waals surface area (Å²) in [6, 6.07) is -0.609. The van der Waals surface area contributed by atoms with Gasteiger partial charge in [-0.3, -0.25) is 4.79 Å². The molecule has 1 rings (SSSR count). The largest absolute Gasteiger partial charge is 0.480 e. The third-order valence-electron chi connectivity index (χ3n) is 2.66. The molecule has 23 heavy (non-hydrogen) atoms. The summed E-state index contributed by atoms with van der Waals surface area (Å²) < 4.78 is 63.2. The van der Waals surface area contributed by atoms with Crippen LogP contribution in [0.1, 0.15) is 23.6 Å². The third kappa shape index (κ3) is 6.46. The number of nitrogens with one attached hydrogen (secondary N) is 1. The summed E-state index contributed by atoms with van der Waals surface area (Å²) in [4.78, 5) is 17.5. The zero-order valence-corrected chi connectivity index (χ0v) is 12.8. The zero-order chi connectivity index (χ0) is 17.8. The lowest BCUT2D eigenvalue weighted by Gasteiger charge is -2.10. The Morgan fingerprint density at radius 1 is 1.43 bits per heavy atom. The summed E-state index contributed by atoms with van der Waals surface area (Å²) in [5.41, 5.74) is 4.04. The highest BCUT2D eigenvalue weighted by Gasteiger charge is 2.33. The van der Waals surface area contributed by atoms with Crippen LogP contribution in [0, 0.1) is 6.92 Å². The van der Waals surface area contributed by atoms with E-state index in [0.29, 0.717) is 0 Å². The molecule has 8 nitrogen and oxygen atoms in total. The van der Waals surface area contributed by atoms with Gasteiger partial charge in [0.2, 0.25) is 10.0 Å². The fourth-order valence-electron chi connectivity index (χ4n) is 1.51. The summed E-state index contributed by atoms with van der Waals surface area (Å²) in [6.45, 7) is 0.774. The summed E-state index contributed by atoms with van der Waals surface area (Å²) >= 11 is 0. The Morgan fingerprint density at radius 2 is 2.04 bits per heavy atom. The first-order valence-corrected chi connectivity index (χ1v) is 7.93. The van der Waals surface area contributed by atoms with E-state index in [4.69, 9.17) is 10.8 Å². The minimum atomic E-state index is -4.67. The van der Waals surface area contributed by atoms with Crippen LogP contribution in [0.2, 0.25) is 0 Å². The molecule has 1 aromatic heterocycles. The number of sulfonamides is 1. The van der Waals surface area contributed by atoms with Crippen LogP contribution < -0.4 is 10.5 Å². The number of aliphatic carboxylic acids is 1. The maximum absolute atomic E-state index is 12.6. The molecule has 1 heterocycles. The highest BCUT2D eigenvalue weighted by molar-refractivity contribution is 7.89. The number of hydrogen-bond acceptors (Lipinski definition) is 6. The van der Waals surface area contributed by atoms with Crippen molar-refractivity contribution in [3.05, 3.63) is 23.3 Å². The van der Waals surface area contributed by atoms with Crippen LogP contribution >= 0.6 is 0 Å². The molecule has 0 amide bonds. The Morgan fingerprint density at radius 3 is 2.57 bits per heavy atom. The Kier molecular flexibility index (Phi) is 6.02. The van der Waals surface area contributed by atoms with Crippen molar-refractivity contribution in [3.63, 3.8) is 0 Å². The van der Waals surface area contributed by atoms with Crippen LogP contribution in [0.4, 0.5) is 13.2 Å². The number of carboxylic acid groups (broad SMARTS) is 1. The smallest absolute Gasteiger partial charge is 0.433 e. The van der Waals surface area contributed by atoms with Gasteiger partial charge in [-0.2, -0.15) is 13.2 Å². The maximum Gasteiger partial charge on any atom is 0.433 e. The van der Waals surface area contributed by atoms with Crippen molar-refractivity contribution in [1.29, 1.82) is 0 Å². The van der Waals surface area contributed by atoms with Gasteiger partial charge in [0, 0.05) is 5.69 Å². The molecule has 0 unspecified atom stereocenters. The van der Waals surface area contributed by atoms with Crippen molar-refractivity contribution in [2.24, 2.45) is 5.73 Å². The number of aromatic nitrogens is 2. The third-order valence-corrected chi connectivity index (χ3v) is 4.01. The van der Waals surface area contributed by atoms with Crippen molar-refractivity contribution in [2.75, 3.05) is 5.75 Å². The van der Waals surface area contributed by atoms with E-state index in [1.165, 1.54) is 6.92 Å². The first kappa shape index (κ1) is 19.3. The summed E-state index contributed by atoms with van der Waals surface area (Å²) in [7, 11) is -3.92. The fraction of sp³-hybridized carbons (Fsp3) is 0.545. The number of nitrogens with two attached hydrogens (primary N) is 1. The Balaban J connectivity index is 2.74. The molecule has 0 radical (unpaired) electrons. The second kappa shape index (κ2) is 7.19. The number of rotatable bonds is 7. The van der Waals surface area contributed by atoms with E-state index in [9.17, 15) is 26.4 Å². The van der Waals surface area contributed by atoms with Gasteiger partial charge in [-0.1, -0.05) is 0 Å². The summed E-state index contributed by atoms with van der Waals surface area (Å²) in [5, 5.41) is 8.56. The van der Waals surface area contributed by atoms with Gasteiger partial charge in [-0.15, -0.1) is 0 Å². The van der Waals surface area contributed by atoms with Crippen molar-refractivity contribution in [3.8, 4) is 0 Å². The Hall–Kier alpha value is -1.79. The zero-order valence-electron chi connectivity index (χ0n) is 12.0. The molecule has 1 aromatic rings. The number of hydrogen-bond donors (Lipinski definition) is 3. The van der Waals surface area contributed by atoms with Gasteiger partial charge in [0.25, 0.3) is 0 Å². The molecule has 0 aliphatic rings. The van der Waals surface area contributed by atoms with Gasteiger partial charge in [0.1, 0.15) is 17.6 Å². The second-order valence-electron chi connectivity index (χ2n) is 4.68. The summed E-state index contributed by atoms with van der Waals surface area (Å²) in [5.74, 6) is -2.28. The van der Waals surface area contributed by atoms with Crippen LogP contribution in [-0.4, -0.2) is 41.3 Å². The van der Waals surface area contributed by atoms with E-state index in [0.717, 1.165) is 6.07 Å². The van der Waals surface area contributed by atoms with E-state index in [1.807, 2.05) is 4.72 Å². The number of aryl methyl sites for hydroxylation is 1. The number of nitrogens with zero attached hydrogens (tertiary/aromatic N) is 2. The molecule has 130 valence electrons. The first-order chi connectivity index (χ1) is 10.4. The molecular weight excluding hydrogens is 341 g/mol. The maximum atomic E-state index is 12.6. The van der Waals surface area contributed by atoms with Crippen LogP contribution in [0.25, 0.3) is 0 Å². The molecule has 4 N–H and O–H groups in total. The average molecular weight is 356 g/mol. The lowest BCUT2D eigenvalue weighted by Crippen LogP contribution is -2.35. The lowest BCUT2D eigenvalue weighted by molar-refractivity contribution is -0.141. The molecule has 0 saturated heterocycles. The lowest BCUT2D eigenvalue weighted by atomic mass is 10.2. The molecule has 12 heteroatoms. The minimum Gasteiger partial charge on any atom is -0.480 e. The molecule has 0 fully saturated rings. The molecule has 0 bridgehead atoms. The minimum absolute atomic E-state index is 0.0365. The molecular formula is C11H15F3N4O4S. The Bertz CT molecular complexity index is 678. The molecule has 0 aliphatic heterocycles. The van der Waals surface area contributed by atoms with Crippen LogP contribution in [0.5, 0.6) is 0 Å². The SMILES string of the molecule is Cc1cc(C(F)(F)F)nc(CNS(=O)(=O)CC[C@H](N)C(=O)O)n1.